The second kappa shape index (κ2) is 15.2. The third kappa shape index (κ3) is 8.96. The smallest absolute Gasteiger partial charge is 0.402 e. The molecule has 9 heteroatoms. The summed E-state index contributed by atoms with van der Waals surface area (Å²) >= 11 is 0. The molecule has 0 aliphatic rings. The maximum absolute atomic E-state index is 15.2. The normalized spacial score (nSPS) is 13.8. The molecule has 6 nitrogen and oxygen atoms in total. The Morgan fingerprint density at radius 2 is 1.49 bits per heavy atom. The molecular weight excluding hydrogens is 547 g/mol. The summed E-state index contributed by atoms with van der Waals surface area (Å²) in [6.45, 7) is 5.99. The molecule has 41 heavy (non-hydrogen) atoms. The van der Waals surface area contributed by atoms with E-state index in [1.165, 1.54) is 57.2 Å². The van der Waals surface area contributed by atoms with E-state index in [9.17, 15) is 14.3 Å². The van der Waals surface area contributed by atoms with Gasteiger partial charge in [-0.1, -0.05) is 88.4 Å². The van der Waals surface area contributed by atoms with Crippen molar-refractivity contribution in [1.82, 2.24) is 0 Å². The molecule has 0 fully saturated rings. The van der Waals surface area contributed by atoms with E-state index in [0.29, 0.717) is 6.61 Å². The van der Waals surface area contributed by atoms with E-state index in [-0.39, 0.29) is 17.7 Å². The zero-order valence-electron chi connectivity index (χ0n) is 23.9. The van der Waals surface area contributed by atoms with Crippen LogP contribution in [0.2, 0.25) is 0 Å². The Hall–Kier alpha value is -3.06. The van der Waals surface area contributed by atoms with Gasteiger partial charge in [-0.2, -0.15) is 8.78 Å². The fourth-order valence-electron chi connectivity index (χ4n) is 4.22. The predicted octanol–water partition coefficient (Wildman–Crippen LogP) is 9.39. The van der Waals surface area contributed by atoms with Gasteiger partial charge in [-0.25, -0.2) is 0 Å². The average molecular weight is 588 g/mol. The number of amides is 1. The maximum Gasteiger partial charge on any atom is 0.402 e. The molecule has 2 atom stereocenters. The quantitative estimate of drug-likeness (QED) is 0.129. The highest BCUT2D eigenvalue weighted by molar-refractivity contribution is 7.53. The molecule has 0 aliphatic carbocycles. The van der Waals surface area contributed by atoms with Crippen molar-refractivity contribution < 1.29 is 32.3 Å². The molecule has 2 unspecified atom stereocenters. The number of benzene rings is 3. The number of hydrogen-bond donors (Lipinski definition) is 2. The van der Waals surface area contributed by atoms with Crippen LogP contribution in [0, 0.1) is 0 Å². The van der Waals surface area contributed by atoms with Crippen LogP contribution in [0.3, 0.4) is 0 Å². The molecule has 0 spiro atoms. The Morgan fingerprint density at radius 3 is 2.12 bits per heavy atom. The minimum absolute atomic E-state index is 0.244. The first kappa shape index (κ1) is 32.5. The van der Waals surface area contributed by atoms with Crippen LogP contribution in [0.1, 0.15) is 81.6 Å². The second-order valence-corrected chi connectivity index (χ2v) is 11.9. The minimum atomic E-state index is -5.38. The number of anilines is 1. The van der Waals surface area contributed by atoms with Crippen molar-refractivity contribution in [3.8, 4) is 16.9 Å². The van der Waals surface area contributed by atoms with E-state index in [2.05, 4.69) is 12.2 Å². The van der Waals surface area contributed by atoms with Crippen molar-refractivity contribution in [2.45, 2.75) is 77.5 Å². The van der Waals surface area contributed by atoms with Gasteiger partial charge in [0.25, 0.3) is 5.91 Å². The standard InChI is InChI=1S/C32H40F2NO5P/c1-4-6-7-8-9-12-23-39-28-21-19-26(20-22-28)25-15-17-27(18-16-25)31(36)35-30-14-11-10-13-29(30)32(33,34)41(37,38)40-24(3)5-2/h10-11,13-22,24H,4-9,12,23H2,1-3H3,(H,35,36)(H,37,38). The van der Waals surface area contributed by atoms with Gasteiger partial charge < -0.3 is 19.5 Å². The Morgan fingerprint density at radius 1 is 0.902 bits per heavy atom. The van der Waals surface area contributed by atoms with E-state index in [1.54, 1.807) is 31.2 Å². The van der Waals surface area contributed by atoms with Gasteiger partial charge in [0, 0.05) is 5.56 Å². The van der Waals surface area contributed by atoms with Gasteiger partial charge in [-0.3, -0.25) is 9.36 Å². The van der Waals surface area contributed by atoms with Crippen LogP contribution in [0.4, 0.5) is 14.5 Å². The number of unbranched alkanes of at least 4 members (excludes halogenated alkanes) is 5. The molecule has 0 aromatic heterocycles. The first-order chi connectivity index (χ1) is 19.6. The third-order valence-corrected chi connectivity index (χ3v) is 8.45. The molecule has 3 aromatic rings. The molecule has 0 radical (unpaired) electrons. The van der Waals surface area contributed by atoms with Crippen molar-refractivity contribution in [3.63, 3.8) is 0 Å². The summed E-state index contributed by atoms with van der Waals surface area (Å²) in [6, 6.07) is 19.5. The topological polar surface area (TPSA) is 84.9 Å². The first-order valence-corrected chi connectivity index (χ1v) is 15.8. The monoisotopic (exact) mass is 587 g/mol. The first-order valence-electron chi connectivity index (χ1n) is 14.2. The van der Waals surface area contributed by atoms with Gasteiger partial charge >= 0.3 is 13.3 Å². The number of carbonyl (C=O) groups excluding carboxylic acids is 1. The molecule has 0 saturated carbocycles. The number of rotatable bonds is 16. The third-order valence-electron chi connectivity index (χ3n) is 6.85. The molecule has 3 rings (SSSR count). The lowest BCUT2D eigenvalue weighted by atomic mass is 10.0. The number of halogens is 2. The van der Waals surface area contributed by atoms with E-state index in [1.807, 2.05) is 24.3 Å². The van der Waals surface area contributed by atoms with Crippen LogP contribution in [-0.2, 0) is 14.8 Å². The highest BCUT2D eigenvalue weighted by Gasteiger charge is 2.54. The lowest BCUT2D eigenvalue weighted by Crippen LogP contribution is -2.22. The number of alkyl halides is 2. The van der Waals surface area contributed by atoms with Gasteiger partial charge in [0.2, 0.25) is 0 Å². The summed E-state index contributed by atoms with van der Waals surface area (Å²) < 4.78 is 53.4. The van der Waals surface area contributed by atoms with E-state index < -0.39 is 30.8 Å². The minimum Gasteiger partial charge on any atom is -0.494 e. The van der Waals surface area contributed by atoms with Crippen LogP contribution in [-0.4, -0.2) is 23.5 Å². The van der Waals surface area contributed by atoms with Crippen LogP contribution >= 0.6 is 7.60 Å². The maximum atomic E-state index is 15.2. The predicted molar refractivity (Wildman–Crippen MR) is 160 cm³/mol. The van der Waals surface area contributed by atoms with Gasteiger partial charge in [0.15, 0.2) is 0 Å². The molecule has 1 amide bonds. The summed E-state index contributed by atoms with van der Waals surface area (Å²) in [5, 5.41) is 2.45. The zero-order chi connectivity index (χ0) is 29.9. The Kier molecular flexibility index (Phi) is 12.1. The fraction of sp³-hybridized carbons (Fsp3) is 0.406. The van der Waals surface area contributed by atoms with Gasteiger partial charge in [-0.05, 0) is 61.2 Å². The number of carbonyl (C=O) groups is 1. The number of nitrogens with one attached hydrogen (secondary N) is 1. The SMILES string of the molecule is CCCCCCCCOc1ccc(-c2ccc(C(=O)Nc3ccccc3C(F)(F)P(=O)(O)OC(C)CC)cc2)cc1. The lowest BCUT2D eigenvalue weighted by molar-refractivity contribution is 0.0352. The molecule has 222 valence electrons. The summed E-state index contributed by atoms with van der Waals surface area (Å²) in [5.74, 6) is 0.171. The summed E-state index contributed by atoms with van der Waals surface area (Å²) in [7, 11) is -5.38. The van der Waals surface area contributed by atoms with E-state index in [4.69, 9.17) is 9.26 Å². The van der Waals surface area contributed by atoms with Crippen LogP contribution in [0.15, 0.2) is 72.8 Å². The largest absolute Gasteiger partial charge is 0.494 e. The molecule has 0 bridgehead atoms. The summed E-state index contributed by atoms with van der Waals surface area (Å²) in [5.41, 5.74) is -3.24. The molecule has 0 saturated heterocycles. The zero-order valence-corrected chi connectivity index (χ0v) is 24.8. The molecule has 2 N–H and O–H groups in total. The molecule has 3 aromatic carbocycles. The Labute approximate surface area is 241 Å². The molecular formula is C32H40F2NO5P. The van der Waals surface area contributed by atoms with Gasteiger partial charge in [0.1, 0.15) is 5.75 Å². The second-order valence-electron chi connectivity index (χ2n) is 10.1. The summed E-state index contributed by atoms with van der Waals surface area (Å²) in [6.07, 6.45) is 6.67. The number of para-hydroxylation sites is 1. The summed E-state index contributed by atoms with van der Waals surface area (Å²) in [4.78, 5) is 23.0. The van der Waals surface area contributed by atoms with Crippen molar-refractivity contribution in [2.75, 3.05) is 11.9 Å². The number of hydrogen-bond acceptors (Lipinski definition) is 4. The molecule has 0 aliphatic heterocycles. The van der Waals surface area contributed by atoms with Gasteiger partial charge in [-0.15, -0.1) is 0 Å². The lowest BCUT2D eigenvalue weighted by Gasteiger charge is -2.26. The van der Waals surface area contributed by atoms with Crippen molar-refractivity contribution >= 4 is 19.2 Å². The van der Waals surface area contributed by atoms with Crippen molar-refractivity contribution in [1.29, 1.82) is 0 Å². The Balaban J connectivity index is 1.63. The highest BCUT2D eigenvalue weighted by Crippen LogP contribution is 2.64. The Bertz CT molecular complexity index is 1300. The van der Waals surface area contributed by atoms with E-state index >= 15 is 8.78 Å². The molecule has 0 heterocycles. The van der Waals surface area contributed by atoms with Gasteiger partial charge in [0.05, 0.1) is 24.0 Å². The van der Waals surface area contributed by atoms with E-state index in [0.717, 1.165) is 29.4 Å². The number of ether oxygens (including phenoxy) is 1. The fourth-order valence-corrected chi connectivity index (χ4v) is 5.48. The van der Waals surface area contributed by atoms with Crippen LogP contribution in [0.5, 0.6) is 5.75 Å². The van der Waals surface area contributed by atoms with Crippen LogP contribution < -0.4 is 10.1 Å². The van der Waals surface area contributed by atoms with Crippen molar-refractivity contribution in [2.24, 2.45) is 0 Å². The average Bonchev–Trinajstić information content (AvgIpc) is 2.97. The highest BCUT2D eigenvalue weighted by atomic mass is 31.2. The van der Waals surface area contributed by atoms with Crippen LogP contribution in [0.25, 0.3) is 11.1 Å². The van der Waals surface area contributed by atoms with Crippen molar-refractivity contribution in [3.05, 3.63) is 83.9 Å².